The molecule has 0 bridgehead atoms. The van der Waals surface area contributed by atoms with Crippen molar-refractivity contribution >= 4 is 31.5 Å². The maximum atomic E-state index is 12.9. The average molecular weight is 451 g/mol. The molecule has 0 saturated carbocycles. The molecule has 0 aliphatic carbocycles. The molecule has 0 unspecified atom stereocenters. The van der Waals surface area contributed by atoms with Crippen LogP contribution in [0.3, 0.4) is 0 Å². The van der Waals surface area contributed by atoms with Crippen LogP contribution in [-0.2, 0) is 24.7 Å². The van der Waals surface area contributed by atoms with E-state index in [2.05, 4.69) is 5.32 Å². The summed E-state index contributed by atoms with van der Waals surface area (Å²) in [6.07, 6.45) is 1.84. The molecule has 0 spiro atoms. The molecular formula is C21H26N2O5S2. The van der Waals surface area contributed by atoms with Gasteiger partial charge in [0, 0.05) is 25.3 Å². The lowest BCUT2D eigenvalue weighted by Crippen LogP contribution is -2.41. The lowest BCUT2D eigenvalue weighted by atomic mass is 9.97. The molecule has 3 rings (SSSR count). The van der Waals surface area contributed by atoms with Crippen LogP contribution in [0.2, 0.25) is 0 Å². The third-order valence-corrected chi connectivity index (χ3v) is 8.53. The van der Waals surface area contributed by atoms with E-state index in [4.69, 9.17) is 0 Å². The number of carbonyl (C=O) groups excluding carboxylic acids is 1. The van der Waals surface area contributed by atoms with Crippen LogP contribution in [0.15, 0.2) is 52.3 Å². The number of benzene rings is 2. The van der Waals surface area contributed by atoms with Crippen LogP contribution in [0.25, 0.3) is 0 Å². The number of amides is 1. The molecule has 7 nitrogen and oxygen atoms in total. The number of rotatable bonds is 5. The van der Waals surface area contributed by atoms with Crippen LogP contribution in [0.1, 0.15) is 24.0 Å². The van der Waals surface area contributed by atoms with Gasteiger partial charge in [0.15, 0.2) is 9.84 Å². The number of aryl methyl sites for hydroxylation is 2. The first-order valence-corrected chi connectivity index (χ1v) is 13.0. The topological polar surface area (TPSA) is 101 Å². The van der Waals surface area contributed by atoms with Crippen LogP contribution in [-0.4, -0.2) is 46.4 Å². The van der Waals surface area contributed by atoms with Crippen LogP contribution in [0, 0.1) is 19.8 Å². The second-order valence-corrected chi connectivity index (χ2v) is 11.6. The highest BCUT2D eigenvalue weighted by Gasteiger charge is 2.32. The fraction of sp³-hybridized carbons (Fsp3) is 0.381. The normalized spacial score (nSPS) is 16.4. The summed E-state index contributed by atoms with van der Waals surface area (Å²) in [7, 11) is -7.09. The van der Waals surface area contributed by atoms with Crippen molar-refractivity contribution in [3.8, 4) is 0 Å². The van der Waals surface area contributed by atoms with Crippen molar-refractivity contribution in [1.29, 1.82) is 0 Å². The summed E-state index contributed by atoms with van der Waals surface area (Å²) in [5, 5.41) is 2.70. The first-order valence-electron chi connectivity index (χ1n) is 9.67. The third-order valence-electron chi connectivity index (χ3n) is 5.49. The third kappa shape index (κ3) is 4.74. The summed E-state index contributed by atoms with van der Waals surface area (Å²) in [4.78, 5) is 13.0. The first-order chi connectivity index (χ1) is 14.0. The van der Waals surface area contributed by atoms with Crippen LogP contribution < -0.4 is 5.32 Å². The number of nitrogens with zero attached hydrogens (tertiary/aromatic N) is 1. The molecule has 9 heteroatoms. The Hall–Kier alpha value is -2.23. The number of sulfonamides is 1. The zero-order chi connectivity index (χ0) is 22.1. The Bertz CT molecular complexity index is 1170. The average Bonchev–Trinajstić information content (AvgIpc) is 2.69. The van der Waals surface area contributed by atoms with Gasteiger partial charge in [-0.25, -0.2) is 16.8 Å². The van der Waals surface area contributed by atoms with Gasteiger partial charge >= 0.3 is 0 Å². The first kappa shape index (κ1) is 22.5. The Morgan fingerprint density at radius 2 is 1.60 bits per heavy atom. The maximum absolute atomic E-state index is 12.9. The van der Waals surface area contributed by atoms with Crippen molar-refractivity contribution < 1.29 is 21.6 Å². The number of hydrogen-bond donors (Lipinski definition) is 1. The van der Waals surface area contributed by atoms with Crippen LogP contribution >= 0.6 is 0 Å². The van der Waals surface area contributed by atoms with Gasteiger partial charge in [-0.1, -0.05) is 18.2 Å². The Balaban J connectivity index is 1.68. The summed E-state index contributed by atoms with van der Waals surface area (Å²) >= 11 is 0. The molecule has 30 heavy (non-hydrogen) atoms. The van der Waals surface area contributed by atoms with Crippen molar-refractivity contribution in [2.24, 2.45) is 5.92 Å². The predicted molar refractivity (Wildman–Crippen MR) is 116 cm³/mol. The maximum Gasteiger partial charge on any atom is 0.243 e. The van der Waals surface area contributed by atoms with Crippen molar-refractivity contribution in [1.82, 2.24) is 4.31 Å². The Kier molecular flexibility index (Phi) is 6.35. The van der Waals surface area contributed by atoms with Gasteiger partial charge in [0.05, 0.1) is 15.5 Å². The summed E-state index contributed by atoms with van der Waals surface area (Å²) in [6.45, 7) is 4.28. The zero-order valence-electron chi connectivity index (χ0n) is 17.3. The molecule has 0 atom stereocenters. The lowest BCUT2D eigenvalue weighted by Gasteiger charge is -2.30. The zero-order valence-corrected chi connectivity index (χ0v) is 18.9. The fourth-order valence-corrected chi connectivity index (χ4v) is 5.91. The lowest BCUT2D eigenvalue weighted by molar-refractivity contribution is -0.120. The van der Waals surface area contributed by atoms with E-state index in [1.165, 1.54) is 10.4 Å². The second-order valence-electron chi connectivity index (χ2n) is 7.68. The number of piperidine rings is 1. The van der Waals surface area contributed by atoms with Gasteiger partial charge in [0.1, 0.15) is 0 Å². The Morgan fingerprint density at radius 3 is 2.20 bits per heavy atom. The molecule has 1 heterocycles. The van der Waals surface area contributed by atoms with E-state index >= 15 is 0 Å². The summed E-state index contributed by atoms with van der Waals surface area (Å²) < 4.78 is 51.1. The van der Waals surface area contributed by atoms with Gasteiger partial charge < -0.3 is 5.32 Å². The van der Waals surface area contributed by atoms with E-state index in [0.29, 0.717) is 12.8 Å². The number of para-hydroxylation sites is 1. The molecule has 1 aliphatic heterocycles. The fourth-order valence-electron chi connectivity index (χ4n) is 3.51. The molecule has 1 aliphatic rings. The molecule has 1 amide bonds. The molecule has 0 aromatic heterocycles. The highest BCUT2D eigenvalue weighted by Crippen LogP contribution is 2.27. The Morgan fingerprint density at radius 1 is 0.967 bits per heavy atom. The minimum absolute atomic E-state index is 0.0631. The van der Waals surface area contributed by atoms with Crippen molar-refractivity contribution in [2.75, 3.05) is 24.7 Å². The molecule has 2 aromatic rings. The van der Waals surface area contributed by atoms with Gasteiger partial charge in [-0.15, -0.1) is 0 Å². The number of carbonyl (C=O) groups is 1. The molecular weight excluding hydrogens is 424 g/mol. The van der Waals surface area contributed by atoms with Gasteiger partial charge in [0.25, 0.3) is 0 Å². The quantitative estimate of drug-likeness (QED) is 0.755. The van der Waals surface area contributed by atoms with Crippen LogP contribution in [0.5, 0.6) is 0 Å². The van der Waals surface area contributed by atoms with Gasteiger partial charge in [-0.05, 0) is 62.1 Å². The number of sulfone groups is 1. The number of nitrogens with one attached hydrogen (secondary N) is 1. The molecule has 0 radical (unpaired) electrons. The van der Waals surface area contributed by atoms with E-state index in [1.807, 2.05) is 13.8 Å². The summed E-state index contributed by atoms with van der Waals surface area (Å²) in [6, 6.07) is 11.3. The van der Waals surface area contributed by atoms with E-state index in [0.717, 1.165) is 17.4 Å². The molecule has 2 aromatic carbocycles. The van der Waals surface area contributed by atoms with Gasteiger partial charge in [-0.2, -0.15) is 4.31 Å². The molecule has 1 saturated heterocycles. The van der Waals surface area contributed by atoms with E-state index in [1.54, 1.807) is 36.4 Å². The number of hydrogen-bond acceptors (Lipinski definition) is 5. The smallest absolute Gasteiger partial charge is 0.243 e. The summed E-state index contributed by atoms with van der Waals surface area (Å²) in [5.74, 6) is -0.682. The monoisotopic (exact) mass is 450 g/mol. The largest absolute Gasteiger partial charge is 0.325 e. The standard InChI is InChI=1S/C21H26N2O5S2/c1-15-8-9-18(14-16(15)2)30(27,28)23-12-10-17(11-13-23)21(24)22-19-6-4-5-7-20(19)29(3,25)26/h4-9,14,17H,10-13H2,1-3H3,(H,22,24). The second kappa shape index (κ2) is 8.49. The van der Waals surface area contributed by atoms with E-state index in [9.17, 15) is 21.6 Å². The Labute approximate surface area is 178 Å². The van der Waals surface area contributed by atoms with E-state index < -0.39 is 19.9 Å². The SMILES string of the molecule is Cc1ccc(S(=O)(=O)N2CCC(C(=O)Nc3ccccc3S(C)(=O)=O)CC2)cc1C. The van der Waals surface area contributed by atoms with Gasteiger partial charge in [0.2, 0.25) is 15.9 Å². The molecule has 1 fully saturated rings. The minimum atomic E-state index is -3.61. The van der Waals surface area contributed by atoms with Crippen molar-refractivity contribution in [3.05, 3.63) is 53.6 Å². The molecule has 1 N–H and O–H groups in total. The van der Waals surface area contributed by atoms with E-state index in [-0.39, 0.29) is 40.4 Å². The summed E-state index contributed by atoms with van der Waals surface area (Å²) in [5.41, 5.74) is 2.18. The minimum Gasteiger partial charge on any atom is -0.325 e. The highest BCUT2D eigenvalue weighted by atomic mass is 32.2. The number of anilines is 1. The van der Waals surface area contributed by atoms with Gasteiger partial charge in [-0.3, -0.25) is 4.79 Å². The highest BCUT2D eigenvalue weighted by molar-refractivity contribution is 7.91. The van der Waals surface area contributed by atoms with Crippen LogP contribution in [0.4, 0.5) is 5.69 Å². The van der Waals surface area contributed by atoms with Crippen molar-refractivity contribution in [3.63, 3.8) is 0 Å². The predicted octanol–water partition coefficient (Wildman–Crippen LogP) is 2.75. The van der Waals surface area contributed by atoms with Crippen molar-refractivity contribution in [2.45, 2.75) is 36.5 Å². The molecule has 162 valence electrons.